The van der Waals surface area contributed by atoms with Gasteiger partial charge in [-0.15, -0.1) is 0 Å². The van der Waals surface area contributed by atoms with Crippen LogP contribution in [0.2, 0.25) is 0 Å². The number of hydrogen-bond acceptors (Lipinski definition) is 4. The first-order valence-corrected chi connectivity index (χ1v) is 5.14. The van der Waals surface area contributed by atoms with Gasteiger partial charge >= 0.3 is 0 Å². The van der Waals surface area contributed by atoms with Crippen LogP contribution < -0.4 is 16.7 Å². The van der Waals surface area contributed by atoms with Gasteiger partial charge in [-0.3, -0.25) is 10.6 Å². The van der Waals surface area contributed by atoms with E-state index in [0.29, 0.717) is 6.42 Å². The van der Waals surface area contributed by atoms with Crippen LogP contribution in [0.4, 0.5) is 5.69 Å². The highest BCUT2D eigenvalue weighted by molar-refractivity contribution is 6.05. The Morgan fingerprint density at radius 2 is 2.12 bits per heavy atom. The number of hydrazone groups is 1. The summed E-state index contributed by atoms with van der Waals surface area (Å²) in [6.07, 6.45) is 0.482. The third-order valence-corrected chi connectivity index (χ3v) is 2.61. The average Bonchev–Trinajstić information content (AvgIpc) is 2.29. The van der Waals surface area contributed by atoms with E-state index in [1.807, 2.05) is 31.2 Å². The number of hydrazine groups is 1. The van der Waals surface area contributed by atoms with Gasteiger partial charge in [-0.2, -0.15) is 5.10 Å². The van der Waals surface area contributed by atoms with E-state index in [1.54, 1.807) is 0 Å². The molecule has 1 atom stereocenters. The SMILES string of the molecule is C[C@H]1CC(=O)NN=C1c1ccc(NN)cc1. The van der Waals surface area contributed by atoms with Crippen LogP contribution in [0, 0.1) is 5.92 Å². The van der Waals surface area contributed by atoms with E-state index in [4.69, 9.17) is 5.84 Å². The summed E-state index contributed by atoms with van der Waals surface area (Å²) in [5.41, 5.74) is 7.82. The Morgan fingerprint density at radius 1 is 1.44 bits per heavy atom. The van der Waals surface area contributed by atoms with E-state index >= 15 is 0 Å². The van der Waals surface area contributed by atoms with Crippen molar-refractivity contribution in [1.29, 1.82) is 0 Å². The predicted molar refractivity (Wildman–Crippen MR) is 62.7 cm³/mol. The molecule has 0 saturated heterocycles. The van der Waals surface area contributed by atoms with Gasteiger partial charge in [0.25, 0.3) is 0 Å². The lowest BCUT2D eigenvalue weighted by atomic mass is 9.94. The molecule has 0 aliphatic carbocycles. The maximum absolute atomic E-state index is 11.1. The van der Waals surface area contributed by atoms with Crippen molar-refractivity contribution in [2.24, 2.45) is 16.9 Å². The first kappa shape index (κ1) is 10.6. The Hall–Kier alpha value is -1.88. The van der Waals surface area contributed by atoms with Crippen LogP contribution in [0.1, 0.15) is 18.9 Å². The van der Waals surface area contributed by atoms with Gasteiger partial charge in [-0.1, -0.05) is 19.1 Å². The Kier molecular flexibility index (Phi) is 2.87. The standard InChI is InChI=1S/C11H14N4O/c1-7-6-10(16)14-15-11(7)8-2-4-9(13-12)5-3-8/h2-5,7,13H,6,12H2,1H3,(H,14,16)/t7-/m0/s1. The summed E-state index contributed by atoms with van der Waals surface area (Å²) in [5, 5.41) is 4.08. The molecule has 1 heterocycles. The number of nitrogens with one attached hydrogen (secondary N) is 2. The molecule has 0 saturated carbocycles. The molecule has 4 N–H and O–H groups in total. The number of nitrogens with zero attached hydrogens (tertiary/aromatic N) is 1. The first-order valence-electron chi connectivity index (χ1n) is 5.14. The van der Waals surface area contributed by atoms with Crippen LogP contribution in [0.25, 0.3) is 0 Å². The fourth-order valence-electron chi connectivity index (χ4n) is 1.74. The molecule has 1 aliphatic rings. The van der Waals surface area contributed by atoms with Crippen LogP contribution in [-0.2, 0) is 4.79 Å². The van der Waals surface area contributed by atoms with Crippen molar-refractivity contribution in [3.8, 4) is 0 Å². The molecule has 1 aromatic rings. The molecule has 16 heavy (non-hydrogen) atoms. The fourth-order valence-corrected chi connectivity index (χ4v) is 1.74. The van der Waals surface area contributed by atoms with Gasteiger partial charge in [0.05, 0.1) is 5.71 Å². The zero-order chi connectivity index (χ0) is 11.5. The predicted octanol–water partition coefficient (Wildman–Crippen LogP) is 0.832. The van der Waals surface area contributed by atoms with E-state index in [1.165, 1.54) is 0 Å². The Balaban J connectivity index is 2.26. The number of carbonyl (C=O) groups excluding carboxylic acids is 1. The molecule has 0 aromatic heterocycles. The summed E-state index contributed by atoms with van der Waals surface area (Å²) in [7, 11) is 0. The van der Waals surface area contributed by atoms with Crippen LogP contribution >= 0.6 is 0 Å². The normalized spacial score (nSPS) is 20.0. The van der Waals surface area contributed by atoms with Crippen LogP contribution in [0.5, 0.6) is 0 Å². The molecule has 1 amide bonds. The number of nitrogens with two attached hydrogens (primary N) is 1. The van der Waals surface area contributed by atoms with Gasteiger partial charge < -0.3 is 5.43 Å². The summed E-state index contributed by atoms with van der Waals surface area (Å²) >= 11 is 0. The monoisotopic (exact) mass is 218 g/mol. The highest BCUT2D eigenvalue weighted by Gasteiger charge is 2.21. The number of benzene rings is 1. The number of rotatable bonds is 2. The number of amides is 1. The van der Waals surface area contributed by atoms with E-state index in [-0.39, 0.29) is 11.8 Å². The molecule has 2 rings (SSSR count). The molecule has 1 aliphatic heterocycles. The smallest absolute Gasteiger partial charge is 0.240 e. The molecule has 0 bridgehead atoms. The molecule has 84 valence electrons. The van der Waals surface area contributed by atoms with E-state index in [9.17, 15) is 4.79 Å². The molecule has 0 radical (unpaired) electrons. The van der Waals surface area contributed by atoms with Crippen molar-refractivity contribution in [3.63, 3.8) is 0 Å². The van der Waals surface area contributed by atoms with E-state index < -0.39 is 0 Å². The molecule has 0 spiro atoms. The lowest BCUT2D eigenvalue weighted by Crippen LogP contribution is -2.31. The molecule has 0 unspecified atom stereocenters. The largest absolute Gasteiger partial charge is 0.324 e. The summed E-state index contributed by atoms with van der Waals surface area (Å²) in [4.78, 5) is 11.1. The van der Waals surface area contributed by atoms with Crippen LogP contribution in [0.15, 0.2) is 29.4 Å². The van der Waals surface area contributed by atoms with Gasteiger partial charge in [0.2, 0.25) is 5.91 Å². The second-order valence-electron chi connectivity index (χ2n) is 3.86. The minimum absolute atomic E-state index is 0.0310. The first-order chi connectivity index (χ1) is 7.70. The Labute approximate surface area is 93.7 Å². The second kappa shape index (κ2) is 4.32. The lowest BCUT2D eigenvalue weighted by molar-refractivity contribution is -0.121. The van der Waals surface area contributed by atoms with Gasteiger partial charge in [0.15, 0.2) is 0 Å². The van der Waals surface area contributed by atoms with Crippen molar-refractivity contribution in [1.82, 2.24) is 5.43 Å². The third kappa shape index (κ3) is 2.04. The molecule has 1 aromatic carbocycles. The summed E-state index contributed by atoms with van der Waals surface area (Å²) < 4.78 is 0. The number of carbonyl (C=O) groups is 1. The van der Waals surface area contributed by atoms with Crippen molar-refractivity contribution in [2.75, 3.05) is 5.43 Å². The van der Waals surface area contributed by atoms with E-state index in [2.05, 4.69) is 16.0 Å². The van der Waals surface area contributed by atoms with Gasteiger partial charge in [0.1, 0.15) is 0 Å². The highest BCUT2D eigenvalue weighted by Crippen LogP contribution is 2.17. The van der Waals surface area contributed by atoms with E-state index in [0.717, 1.165) is 17.0 Å². The van der Waals surface area contributed by atoms with Crippen molar-refractivity contribution < 1.29 is 4.79 Å². The number of nitrogen functional groups attached to an aromatic ring is 1. The van der Waals surface area contributed by atoms with Crippen LogP contribution in [0.3, 0.4) is 0 Å². The topological polar surface area (TPSA) is 79.5 Å². The number of anilines is 1. The quantitative estimate of drug-likeness (QED) is 0.508. The minimum atomic E-state index is -0.0310. The maximum Gasteiger partial charge on any atom is 0.240 e. The van der Waals surface area contributed by atoms with Crippen molar-refractivity contribution in [2.45, 2.75) is 13.3 Å². The summed E-state index contributed by atoms with van der Waals surface area (Å²) in [5.74, 6) is 5.40. The van der Waals surface area contributed by atoms with Gasteiger partial charge in [0, 0.05) is 18.0 Å². The minimum Gasteiger partial charge on any atom is -0.324 e. The van der Waals surface area contributed by atoms with Crippen molar-refractivity contribution in [3.05, 3.63) is 29.8 Å². The third-order valence-electron chi connectivity index (χ3n) is 2.61. The van der Waals surface area contributed by atoms with Crippen LogP contribution in [-0.4, -0.2) is 11.6 Å². The molecule has 0 fully saturated rings. The summed E-state index contributed by atoms with van der Waals surface area (Å²) in [6.45, 7) is 1.99. The van der Waals surface area contributed by atoms with Gasteiger partial charge in [-0.25, -0.2) is 5.43 Å². The molecule has 5 nitrogen and oxygen atoms in total. The zero-order valence-corrected chi connectivity index (χ0v) is 9.03. The lowest BCUT2D eigenvalue weighted by Gasteiger charge is -2.19. The maximum atomic E-state index is 11.1. The molecular weight excluding hydrogens is 204 g/mol. The average molecular weight is 218 g/mol. The highest BCUT2D eigenvalue weighted by atomic mass is 16.2. The fraction of sp³-hybridized carbons (Fsp3) is 0.273. The molecular formula is C11H14N4O. The second-order valence-corrected chi connectivity index (χ2v) is 3.86. The van der Waals surface area contributed by atoms with Gasteiger partial charge in [-0.05, 0) is 17.7 Å². The number of hydrogen-bond donors (Lipinski definition) is 3. The molecule has 5 heteroatoms. The Morgan fingerprint density at radius 3 is 2.69 bits per heavy atom. The summed E-state index contributed by atoms with van der Waals surface area (Å²) in [6, 6.07) is 7.62. The Bertz CT molecular complexity index is 424. The zero-order valence-electron chi connectivity index (χ0n) is 9.03. The van der Waals surface area contributed by atoms with Crippen molar-refractivity contribution >= 4 is 17.3 Å².